The molecule has 31 heavy (non-hydrogen) atoms. The monoisotopic (exact) mass is 413 g/mol. The Bertz CT molecular complexity index is 1380. The summed E-state index contributed by atoms with van der Waals surface area (Å²) in [5, 5.41) is 11.9. The lowest BCUT2D eigenvalue weighted by molar-refractivity contribution is 0.313. The fourth-order valence-corrected chi connectivity index (χ4v) is 4.21. The van der Waals surface area contributed by atoms with Crippen molar-refractivity contribution in [2.24, 2.45) is 7.05 Å². The summed E-state index contributed by atoms with van der Waals surface area (Å²) < 4.78 is 1.77. The van der Waals surface area contributed by atoms with E-state index in [0.717, 1.165) is 76.7 Å². The number of pyridine rings is 1. The molecule has 1 fully saturated rings. The number of benzene rings is 1. The smallest absolute Gasteiger partial charge is 0.161 e. The van der Waals surface area contributed by atoms with Crippen LogP contribution in [0.3, 0.4) is 0 Å². The molecule has 0 unspecified atom stereocenters. The van der Waals surface area contributed by atoms with Gasteiger partial charge in [0.2, 0.25) is 0 Å². The van der Waals surface area contributed by atoms with Crippen molar-refractivity contribution in [1.82, 2.24) is 39.8 Å². The van der Waals surface area contributed by atoms with Gasteiger partial charge in [-0.2, -0.15) is 10.2 Å². The molecule has 6 rings (SSSR count). The van der Waals surface area contributed by atoms with Gasteiger partial charge in [-0.25, -0.2) is 9.97 Å². The average Bonchev–Trinajstić information content (AvgIpc) is 3.51. The molecule has 1 saturated heterocycles. The number of H-pyrrole nitrogens is 2. The Balaban J connectivity index is 1.44. The number of nitrogens with zero attached hydrogens (tertiary/aromatic N) is 7. The van der Waals surface area contributed by atoms with Gasteiger partial charge in [0.25, 0.3) is 0 Å². The number of nitrogens with one attached hydrogen (secondary N) is 2. The van der Waals surface area contributed by atoms with Crippen LogP contribution < -0.4 is 4.90 Å². The zero-order valence-corrected chi connectivity index (χ0v) is 17.5. The summed E-state index contributed by atoms with van der Waals surface area (Å²) in [5.41, 5.74) is 7.37. The molecule has 5 aromatic rings. The summed E-state index contributed by atoms with van der Waals surface area (Å²) in [6.45, 7) is 4.11. The predicted octanol–water partition coefficient (Wildman–Crippen LogP) is 2.65. The molecule has 4 aromatic heterocycles. The molecular formula is C22H23N9. The van der Waals surface area contributed by atoms with Crippen LogP contribution in [0.1, 0.15) is 0 Å². The van der Waals surface area contributed by atoms with Crippen LogP contribution in [0.15, 0.2) is 42.7 Å². The summed E-state index contributed by atoms with van der Waals surface area (Å²) in [4.78, 5) is 18.0. The van der Waals surface area contributed by atoms with Crippen LogP contribution >= 0.6 is 0 Å². The van der Waals surface area contributed by atoms with Gasteiger partial charge in [-0.15, -0.1) is 0 Å². The van der Waals surface area contributed by atoms with Crippen LogP contribution in [0.25, 0.3) is 44.8 Å². The highest BCUT2D eigenvalue weighted by atomic mass is 15.3. The summed E-state index contributed by atoms with van der Waals surface area (Å²) in [6, 6.07) is 10.3. The first-order chi connectivity index (χ1) is 15.2. The third-order valence-corrected chi connectivity index (χ3v) is 5.97. The van der Waals surface area contributed by atoms with Crippen LogP contribution in [0.4, 0.5) is 5.69 Å². The van der Waals surface area contributed by atoms with E-state index in [2.05, 4.69) is 55.3 Å². The zero-order valence-electron chi connectivity index (χ0n) is 17.5. The minimum Gasteiger partial charge on any atom is -0.367 e. The van der Waals surface area contributed by atoms with Gasteiger partial charge in [-0.05, 0) is 31.3 Å². The molecule has 0 aliphatic carbocycles. The molecule has 2 N–H and O–H groups in total. The molecule has 5 heterocycles. The summed E-state index contributed by atoms with van der Waals surface area (Å²) in [6.07, 6.45) is 3.77. The minimum atomic E-state index is 0.721. The number of hydrogen-bond acceptors (Lipinski definition) is 6. The van der Waals surface area contributed by atoms with Gasteiger partial charge in [-0.1, -0.05) is 6.07 Å². The van der Waals surface area contributed by atoms with E-state index in [1.165, 1.54) is 0 Å². The first-order valence-corrected chi connectivity index (χ1v) is 10.4. The Morgan fingerprint density at radius 1 is 0.903 bits per heavy atom. The van der Waals surface area contributed by atoms with E-state index < -0.39 is 0 Å². The quantitative estimate of drug-likeness (QED) is 0.472. The largest absolute Gasteiger partial charge is 0.367 e. The van der Waals surface area contributed by atoms with Crippen LogP contribution in [-0.4, -0.2) is 73.1 Å². The van der Waals surface area contributed by atoms with Crippen molar-refractivity contribution in [2.75, 3.05) is 38.1 Å². The highest BCUT2D eigenvalue weighted by Gasteiger charge is 2.20. The number of aryl methyl sites for hydroxylation is 1. The summed E-state index contributed by atoms with van der Waals surface area (Å²) >= 11 is 0. The van der Waals surface area contributed by atoms with Crippen molar-refractivity contribution in [3.8, 4) is 22.8 Å². The lowest BCUT2D eigenvalue weighted by atomic mass is 10.2. The Morgan fingerprint density at radius 2 is 1.77 bits per heavy atom. The molecule has 0 saturated carbocycles. The predicted molar refractivity (Wildman–Crippen MR) is 121 cm³/mol. The number of piperazine rings is 1. The maximum atomic E-state index is 4.96. The molecule has 0 spiro atoms. The van der Waals surface area contributed by atoms with Gasteiger partial charge in [0.15, 0.2) is 11.5 Å². The Labute approximate surface area is 178 Å². The lowest BCUT2D eigenvalue weighted by Gasteiger charge is -2.34. The van der Waals surface area contributed by atoms with Crippen molar-refractivity contribution in [3.63, 3.8) is 0 Å². The van der Waals surface area contributed by atoms with Gasteiger partial charge in [-0.3, -0.25) is 9.78 Å². The van der Waals surface area contributed by atoms with E-state index >= 15 is 0 Å². The van der Waals surface area contributed by atoms with E-state index in [1.807, 2.05) is 31.6 Å². The number of fused-ring (bicyclic) bond motifs is 2. The van der Waals surface area contributed by atoms with Gasteiger partial charge < -0.3 is 14.8 Å². The highest BCUT2D eigenvalue weighted by molar-refractivity contribution is 5.95. The van der Waals surface area contributed by atoms with E-state index in [1.54, 1.807) is 4.68 Å². The van der Waals surface area contributed by atoms with Crippen LogP contribution in [-0.2, 0) is 7.05 Å². The Kier molecular flexibility index (Phi) is 4.03. The molecule has 0 atom stereocenters. The maximum absolute atomic E-state index is 4.96. The second-order valence-corrected chi connectivity index (χ2v) is 8.12. The number of likely N-dealkylation sites (N-methyl/N-ethyl adjacent to an activating group) is 1. The van der Waals surface area contributed by atoms with E-state index in [9.17, 15) is 0 Å². The molecule has 0 bridgehead atoms. The summed E-state index contributed by atoms with van der Waals surface area (Å²) in [5.74, 6) is 0.721. The van der Waals surface area contributed by atoms with Crippen molar-refractivity contribution in [3.05, 3.63) is 42.7 Å². The number of aromatic nitrogens is 7. The van der Waals surface area contributed by atoms with Gasteiger partial charge in [0, 0.05) is 45.0 Å². The summed E-state index contributed by atoms with van der Waals surface area (Å²) in [7, 11) is 4.07. The van der Waals surface area contributed by atoms with Crippen molar-refractivity contribution in [2.45, 2.75) is 0 Å². The zero-order chi connectivity index (χ0) is 20.9. The first kappa shape index (κ1) is 18.1. The second kappa shape index (κ2) is 6.92. The van der Waals surface area contributed by atoms with Gasteiger partial charge in [0.05, 0.1) is 28.6 Å². The van der Waals surface area contributed by atoms with Crippen molar-refractivity contribution >= 4 is 27.8 Å². The van der Waals surface area contributed by atoms with Crippen LogP contribution in [0.2, 0.25) is 0 Å². The molecule has 9 heteroatoms. The Morgan fingerprint density at radius 3 is 2.58 bits per heavy atom. The third-order valence-electron chi connectivity index (χ3n) is 5.97. The topological polar surface area (TPSA) is 94.5 Å². The number of rotatable bonds is 3. The molecule has 9 nitrogen and oxygen atoms in total. The van der Waals surface area contributed by atoms with E-state index in [4.69, 9.17) is 9.97 Å². The van der Waals surface area contributed by atoms with Crippen LogP contribution in [0, 0.1) is 0 Å². The molecule has 1 aliphatic heterocycles. The fraction of sp³-hybridized carbons (Fsp3) is 0.273. The van der Waals surface area contributed by atoms with Gasteiger partial charge in [0.1, 0.15) is 11.0 Å². The minimum absolute atomic E-state index is 0.721. The SMILES string of the molecule is CN1CCN(c2cccc3[nH]c(-c4n[nH]c5ccc(-c6cnn(C)c6)nc45)nc23)CC1. The average molecular weight is 413 g/mol. The Hall–Kier alpha value is -3.72. The molecular weight excluding hydrogens is 390 g/mol. The standard InChI is InChI=1S/C22H23N9/c1-29-8-10-31(11-9-29)18-5-3-4-16-19(18)26-22(25-16)21-20-17(27-28-21)7-6-15(24-20)14-12-23-30(2)13-14/h3-7,12-13H,8-11H2,1-2H3,(H,25,26)(H,27,28). The van der Waals surface area contributed by atoms with Crippen molar-refractivity contribution < 1.29 is 0 Å². The third kappa shape index (κ3) is 3.05. The number of imidazole rings is 1. The molecule has 1 aliphatic rings. The number of para-hydroxylation sites is 1. The fourth-order valence-electron chi connectivity index (χ4n) is 4.21. The lowest BCUT2D eigenvalue weighted by Crippen LogP contribution is -2.44. The number of hydrogen-bond donors (Lipinski definition) is 2. The molecule has 1 aromatic carbocycles. The van der Waals surface area contributed by atoms with E-state index in [-0.39, 0.29) is 0 Å². The molecule has 0 amide bonds. The number of anilines is 1. The maximum Gasteiger partial charge on any atom is 0.161 e. The normalized spacial score (nSPS) is 15.4. The van der Waals surface area contributed by atoms with Gasteiger partial charge >= 0.3 is 0 Å². The van der Waals surface area contributed by atoms with Crippen LogP contribution in [0.5, 0.6) is 0 Å². The molecule has 0 radical (unpaired) electrons. The van der Waals surface area contributed by atoms with Crippen molar-refractivity contribution in [1.29, 1.82) is 0 Å². The van der Waals surface area contributed by atoms with E-state index in [0.29, 0.717) is 0 Å². The first-order valence-electron chi connectivity index (χ1n) is 10.4. The second-order valence-electron chi connectivity index (χ2n) is 8.12. The molecule has 156 valence electrons. The highest BCUT2D eigenvalue weighted by Crippen LogP contribution is 2.31. The number of aromatic amines is 2.